The molecule has 2 rings (SSSR count). The molecule has 0 aromatic heterocycles. The standard InChI is InChI=1S/C16H17ClN2O3S/c1-10(2)11-3-6-13(7-4-11)23(21,22)19-15-9-12(16(18)20)5-8-14(15)17/h3-10,19H,1-2H3,(H2,18,20). The number of primary amides is 1. The van der Waals surface area contributed by atoms with Gasteiger partial charge in [-0.05, 0) is 41.8 Å². The first-order valence-electron chi connectivity index (χ1n) is 6.93. The summed E-state index contributed by atoms with van der Waals surface area (Å²) in [7, 11) is -3.81. The number of carbonyl (C=O) groups excluding carboxylic acids is 1. The summed E-state index contributed by atoms with van der Waals surface area (Å²) in [5.74, 6) is -0.357. The van der Waals surface area contributed by atoms with Gasteiger partial charge in [0.25, 0.3) is 10.0 Å². The lowest BCUT2D eigenvalue weighted by Gasteiger charge is -2.12. The third-order valence-corrected chi connectivity index (χ3v) is 5.06. The van der Waals surface area contributed by atoms with Crippen molar-refractivity contribution in [1.29, 1.82) is 0 Å². The highest BCUT2D eigenvalue weighted by Crippen LogP contribution is 2.26. The maximum absolute atomic E-state index is 12.4. The SMILES string of the molecule is CC(C)c1ccc(S(=O)(=O)Nc2cc(C(N)=O)ccc2Cl)cc1. The van der Waals surface area contributed by atoms with Gasteiger partial charge in [-0.3, -0.25) is 9.52 Å². The van der Waals surface area contributed by atoms with Crippen LogP contribution in [-0.2, 0) is 10.0 Å². The third-order valence-electron chi connectivity index (χ3n) is 3.35. The number of rotatable bonds is 5. The van der Waals surface area contributed by atoms with Crippen LogP contribution in [0.25, 0.3) is 0 Å². The fourth-order valence-corrected chi connectivity index (χ4v) is 3.28. The summed E-state index contributed by atoms with van der Waals surface area (Å²) in [6.45, 7) is 4.05. The lowest BCUT2D eigenvalue weighted by molar-refractivity contribution is 0.100. The second kappa shape index (κ2) is 6.60. The zero-order chi connectivity index (χ0) is 17.2. The van der Waals surface area contributed by atoms with E-state index in [-0.39, 0.29) is 21.2 Å². The molecular formula is C16H17ClN2O3S. The van der Waals surface area contributed by atoms with Crippen LogP contribution in [0.15, 0.2) is 47.4 Å². The van der Waals surface area contributed by atoms with Gasteiger partial charge in [-0.2, -0.15) is 0 Å². The Morgan fingerprint density at radius 3 is 2.26 bits per heavy atom. The molecule has 0 unspecified atom stereocenters. The molecule has 0 saturated carbocycles. The lowest BCUT2D eigenvalue weighted by Crippen LogP contribution is -2.15. The largest absolute Gasteiger partial charge is 0.366 e. The maximum Gasteiger partial charge on any atom is 0.261 e. The van der Waals surface area contributed by atoms with Gasteiger partial charge in [0.15, 0.2) is 0 Å². The van der Waals surface area contributed by atoms with Crippen LogP contribution in [0.2, 0.25) is 5.02 Å². The van der Waals surface area contributed by atoms with Crippen molar-refractivity contribution in [3.63, 3.8) is 0 Å². The Hall–Kier alpha value is -2.05. The summed E-state index contributed by atoms with van der Waals surface area (Å²) in [6, 6.07) is 10.8. The average Bonchev–Trinajstić information content (AvgIpc) is 2.49. The second-order valence-corrected chi connectivity index (χ2v) is 7.48. The fraction of sp³-hybridized carbons (Fsp3) is 0.188. The molecule has 2 aromatic rings. The van der Waals surface area contributed by atoms with E-state index in [1.807, 2.05) is 13.8 Å². The molecule has 0 radical (unpaired) electrons. The van der Waals surface area contributed by atoms with Gasteiger partial charge in [0.05, 0.1) is 15.6 Å². The number of nitrogens with one attached hydrogen (secondary N) is 1. The van der Waals surface area contributed by atoms with Crippen molar-refractivity contribution in [3.05, 3.63) is 58.6 Å². The molecule has 0 aliphatic carbocycles. The molecular weight excluding hydrogens is 336 g/mol. The van der Waals surface area contributed by atoms with E-state index >= 15 is 0 Å². The van der Waals surface area contributed by atoms with Gasteiger partial charge in [-0.1, -0.05) is 37.6 Å². The molecule has 0 bridgehead atoms. The summed E-state index contributed by atoms with van der Waals surface area (Å²) in [5, 5.41) is 0.178. The van der Waals surface area contributed by atoms with Gasteiger partial charge in [-0.25, -0.2) is 8.42 Å². The highest BCUT2D eigenvalue weighted by Gasteiger charge is 2.17. The molecule has 0 spiro atoms. The first-order valence-corrected chi connectivity index (χ1v) is 8.79. The number of anilines is 1. The predicted octanol–water partition coefficient (Wildman–Crippen LogP) is 3.36. The molecule has 0 saturated heterocycles. The molecule has 5 nitrogen and oxygen atoms in total. The minimum Gasteiger partial charge on any atom is -0.366 e. The van der Waals surface area contributed by atoms with Gasteiger partial charge in [0.1, 0.15) is 0 Å². The molecule has 7 heteroatoms. The zero-order valence-corrected chi connectivity index (χ0v) is 14.3. The van der Waals surface area contributed by atoms with Crippen molar-refractivity contribution in [2.24, 2.45) is 5.73 Å². The number of amides is 1. The third kappa shape index (κ3) is 4.03. The molecule has 0 aliphatic heterocycles. The van der Waals surface area contributed by atoms with Crippen LogP contribution in [0.1, 0.15) is 35.7 Å². The van der Waals surface area contributed by atoms with Gasteiger partial charge < -0.3 is 5.73 Å². The summed E-state index contributed by atoms with van der Waals surface area (Å²) in [6.07, 6.45) is 0. The number of nitrogens with two attached hydrogens (primary N) is 1. The lowest BCUT2D eigenvalue weighted by atomic mass is 10.0. The minimum atomic E-state index is -3.81. The Bertz CT molecular complexity index is 831. The van der Waals surface area contributed by atoms with Crippen LogP contribution in [0.4, 0.5) is 5.69 Å². The number of carbonyl (C=O) groups is 1. The maximum atomic E-state index is 12.4. The Labute approximate surface area is 140 Å². The molecule has 0 heterocycles. The van der Waals surface area contributed by atoms with Gasteiger partial charge in [-0.15, -0.1) is 0 Å². The Kier molecular flexibility index (Phi) is 4.97. The highest BCUT2D eigenvalue weighted by molar-refractivity contribution is 7.92. The van der Waals surface area contributed by atoms with E-state index in [4.69, 9.17) is 17.3 Å². The number of benzene rings is 2. The number of sulfonamides is 1. The van der Waals surface area contributed by atoms with Crippen molar-refractivity contribution in [1.82, 2.24) is 0 Å². The van der Waals surface area contributed by atoms with Crippen LogP contribution in [-0.4, -0.2) is 14.3 Å². The van der Waals surface area contributed by atoms with E-state index in [0.29, 0.717) is 5.92 Å². The molecule has 1 amide bonds. The van der Waals surface area contributed by atoms with Crippen molar-refractivity contribution in [2.75, 3.05) is 4.72 Å². The smallest absolute Gasteiger partial charge is 0.261 e. The van der Waals surface area contributed by atoms with Crippen molar-refractivity contribution >= 4 is 33.2 Å². The summed E-state index contributed by atoms with van der Waals surface area (Å²) in [4.78, 5) is 11.3. The van der Waals surface area contributed by atoms with Gasteiger partial charge in [0.2, 0.25) is 5.91 Å². The van der Waals surface area contributed by atoms with E-state index in [9.17, 15) is 13.2 Å². The van der Waals surface area contributed by atoms with Crippen molar-refractivity contribution < 1.29 is 13.2 Å². The molecule has 2 aromatic carbocycles. The summed E-state index contributed by atoms with van der Waals surface area (Å²) in [5.41, 5.74) is 6.51. The summed E-state index contributed by atoms with van der Waals surface area (Å²) < 4.78 is 27.2. The van der Waals surface area contributed by atoms with Crippen LogP contribution >= 0.6 is 11.6 Å². The zero-order valence-electron chi connectivity index (χ0n) is 12.7. The minimum absolute atomic E-state index is 0.107. The van der Waals surface area contributed by atoms with E-state index in [1.165, 1.54) is 30.3 Å². The van der Waals surface area contributed by atoms with Crippen LogP contribution in [0.3, 0.4) is 0 Å². The molecule has 0 aliphatic rings. The average molecular weight is 353 g/mol. The van der Waals surface area contributed by atoms with Crippen LogP contribution in [0, 0.1) is 0 Å². The molecule has 122 valence electrons. The van der Waals surface area contributed by atoms with Crippen molar-refractivity contribution in [3.8, 4) is 0 Å². The monoisotopic (exact) mass is 352 g/mol. The first-order chi connectivity index (χ1) is 10.7. The molecule has 0 atom stereocenters. The Balaban J connectivity index is 2.34. The first kappa shape index (κ1) is 17.3. The quantitative estimate of drug-likeness (QED) is 0.864. The number of hydrogen-bond acceptors (Lipinski definition) is 3. The van der Waals surface area contributed by atoms with Gasteiger partial charge >= 0.3 is 0 Å². The number of hydrogen-bond donors (Lipinski definition) is 2. The highest BCUT2D eigenvalue weighted by atomic mass is 35.5. The fourth-order valence-electron chi connectivity index (χ4n) is 1.99. The van der Waals surface area contributed by atoms with E-state index in [0.717, 1.165) is 5.56 Å². The molecule has 23 heavy (non-hydrogen) atoms. The number of halogens is 1. The summed E-state index contributed by atoms with van der Waals surface area (Å²) >= 11 is 5.98. The van der Waals surface area contributed by atoms with Crippen LogP contribution in [0.5, 0.6) is 0 Å². The molecule has 0 fully saturated rings. The Morgan fingerprint density at radius 2 is 1.74 bits per heavy atom. The normalized spacial score (nSPS) is 11.5. The second-order valence-electron chi connectivity index (χ2n) is 5.39. The van der Waals surface area contributed by atoms with Gasteiger partial charge in [0, 0.05) is 5.56 Å². The van der Waals surface area contributed by atoms with E-state index < -0.39 is 15.9 Å². The topological polar surface area (TPSA) is 89.3 Å². The van der Waals surface area contributed by atoms with Crippen molar-refractivity contribution in [2.45, 2.75) is 24.7 Å². The van der Waals surface area contributed by atoms with E-state index in [1.54, 1.807) is 12.1 Å². The Morgan fingerprint density at radius 1 is 1.13 bits per heavy atom. The molecule has 3 N–H and O–H groups in total. The predicted molar refractivity (Wildman–Crippen MR) is 91.3 cm³/mol. The van der Waals surface area contributed by atoms with E-state index in [2.05, 4.69) is 4.72 Å². The van der Waals surface area contributed by atoms with Crippen LogP contribution < -0.4 is 10.5 Å².